The van der Waals surface area contributed by atoms with Crippen molar-refractivity contribution in [2.24, 2.45) is 0 Å². The number of sulfonamides is 1. The molecule has 19 heavy (non-hydrogen) atoms. The van der Waals surface area contributed by atoms with Crippen LogP contribution < -0.4 is 9.46 Å². The van der Waals surface area contributed by atoms with Crippen LogP contribution in [0.5, 0.6) is 5.75 Å². The molecule has 8 heteroatoms. The Bertz CT molecular complexity index is 569. The van der Waals surface area contributed by atoms with Crippen LogP contribution in [0.3, 0.4) is 0 Å². The van der Waals surface area contributed by atoms with Gasteiger partial charge in [0.05, 0.1) is 18.6 Å². The number of carbonyl (C=O) groups is 1. The van der Waals surface area contributed by atoms with E-state index < -0.39 is 22.0 Å². The summed E-state index contributed by atoms with van der Waals surface area (Å²) in [5.41, 5.74) is -0.248. The molecular weight excluding hydrogens is 274 g/mol. The van der Waals surface area contributed by atoms with E-state index in [4.69, 9.17) is 14.9 Å². The summed E-state index contributed by atoms with van der Waals surface area (Å²) in [7, 11) is -2.59. The number of aliphatic hydroxyl groups excluding tert-OH is 1. The van der Waals surface area contributed by atoms with Gasteiger partial charge in [0.15, 0.2) is 0 Å². The van der Waals surface area contributed by atoms with Gasteiger partial charge >= 0.3 is 5.97 Å². The molecule has 1 rings (SSSR count). The maximum atomic E-state index is 11.9. The van der Waals surface area contributed by atoms with Crippen LogP contribution in [0.2, 0.25) is 0 Å². The quantitative estimate of drug-likeness (QED) is 0.682. The molecule has 0 saturated carbocycles. The third kappa shape index (κ3) is 3.66. The van der Waals surface area contributed by atoms with Crippen LogP contribution in [0.25, 0.3) is 0 Å². The van der Waals surface area contributed by atoms with Gasteiger partial charge in [0.1, 0.15) is 11.3 Å². The number of carboxylic acid groups (broad SMARTS) is 1. The van der Waals surface area contributed by atoms with E-state index in [-0.39, 0.29) is 22.8 Å². The van der Waals surface area contributed by atoms with E-state index in [0.29, 0.717) is 0 Å². The number of ether oxygens (including phenoxy) is 1. The molecular formula is C11H15NO6S. The van der Waals surface area contributed by atoms with Gasteiger partial charge in [-0.05, 0) is 25.1 Å². The zero-order chi connectivity index (χ0) is 14.6. The third-order valence-electron chi connectivity index (χ3n) is 2.34. The molecule has 0 aliphatic carbocycles. The maximum absolute atomic E-state index is 11.9. The van der Waals surface area contributed by atoms with Crippen LogP contribution >= 0.6 is 0 Å². The molecule has 1 aromatic carbocycles. The number of carboxylic acids is 1. The Kier molecular flexibility index (Phi) is 4.87. The van der Waals surface area contributed by atoms with Gasteiger partial charge in [-0.15, -0.1) is 0 Å². The van der Waals surface area contributed by atoms with Crippen LogP contribution in [0.15, 0.2) is 23.1 Å². The van der Waals surface area contributed by atoms with Gasteiger partial charge in [-0.25, -0.2) is 17.9 Å². The smallest absolute Gasteiger partial charge is 0.339 e. The number of hydrogen-bond acceptors (Lipinski definition) is 5. The highest BCUT2D eigenvalue weighted by atomic mass is 32.2. The lowest BCUT2D eigenvalue weighted by molar-refractivity contribution is 0.0693. The molecule has 1 atom stereocenters. The fraction of sp³-hybridized carbons (Fsp3) is 0.364. The highest BCUT2D eigenvalue weighted by Crippen LogP contribution is 2.22. The summed E-state index contributed by atoms with van der Waals surface area (Å²) in [5.74, 6) is -1.22. The van der Waals surface area contributed by atoms with Gasteiger partial charge in [0.2, 0.25) is 10.0 Å². The predicted octanol–water partition coefficient (Wildman–Crippen LogP) is 0.0525. The molecule has 0 heterocycles. The Hall–Kier alpha value is -1.64. The number of aromatic carboxylic acids is 1. The standard InChI is InChI=1S/C11H15NO6S/c1-7(6-13)12-19(16,17)8-3-4-10(18-2)9(5-8)11(14)15/h3-5,7,12-13H,6H2,1-2H3,(H,14,15)/t7-/m0/s1. The van der Waals surface area contributed by atoms with Gasteiger partial charge in [0, 0.05) is 6.04 Å². The summed E-state index contributed by atoms with van der Waals surface area (Å²) < 4.78 is 30.9. The van der Waals surface area contributed by atoms with Crippen molar-refractivity contribution in [3.8, 4) is 5.75 Å². The Morgan fingerprint density at radius 1 is 1.47 bits per heavy atom. The van der Waals surface area contributed by atoms with Crippen molar-refractivity contribution >= 4 is 16.0 Å². The van der Waals surface area contributed by atoms with Crippen molar-refractivity contribution in [3.63, 3.8) is 0 Å². The Morgan fingerprint density at radius 3 is 2.58 bits per heavy atom. The molecule has 0 aliphatic rings. The molecule has 0 fully saturated rings. The minimum absolute atomic E-state index is 0.0710. The fourth-order valence-corrected chi connectivity index (χ4v) is 2.65. The van der Waals surface area contributed by atoms with Crippen molar-refractivity contribution in [1.29, 1.82) is 0 Å². The molecule has 0 aliphatic heterocycles. The number of benzene rings is 1. The third-order valence-corrected chi connectivity index (χ3v) is 3.93. The molecule has 7 nitrogen and oxygen atoms in total. The second-order valence-electron chi connectivity index (χ2n) is 3.87. The highest BCUT2D eigenvalue weighted by Gasteiger charge is 2.20. The van der Waals surface area contributed by atoms with Crippen molar-refractivity contribution in [2.75, 3.05) is 13.7 Å². The molecule has 0 unspecified atom stereocenters. The minimum atomic E-state index is -3.88. The normalized spacial score (nSPS) is 13.0. The van der Waals surface area contributed by atoms with Crippen molar-refractivity contribution in [3.05, 3.63) is 23.8 Å². The van der Waals surface area contributed by atoms with E-state index in [9.17, 15) is 13.2 Å². The predicted molar refractivity (Wildman–Crippen MR) is 66.8 cm³/mol. The van der Waals surface area contributed by atoms with Gasteiger partial charge in [-0.1, -0.05) is 0 Å². The van der Waals surface area contributed by atoms with Crippen molar-refractivity contribution in [1.82, 2.24) is 4.72 Å². The molecule has 0 spiro atoms. The lowest BCUT2D eigenvalue weighted by atomic mass is 10.2. The first-order valence-electron chi connectivity index (χ1n) is 5.36. The Morgan fingerprint density at radius 2 is 2.11 bits per heavy atom. The second kappa shape index (κ2) is 6.00. The van der Waals surface area contributed by atoms with Crippen molar-refractivity contribution < 1.29 is 28.2 Å². The van der Waals surface area contributed by atoms with Gasteiger partial charge in [-0.2, -0.15) is 0 Å². The molecule has 3 N–H and O–H groups in total. The summed E-state index contributed by atoms with van der Waals surface area (Å²) >= 11 is 0. The van der Waals surface area contributed by atoms with Gasteiger partial charge in [0.25, 0.3) is 0 Å². The Labute approximate surface area is 110 Å². The van der Waals surface area contributed by atoms with E-state index in [1.807, 2.05) is 0 Å². The average Bonchev–Trinajstić information content (AvgIpc) is 2.37. The van der Waals surface area contributed by atoms with Gasteiger partial charge in [-0.3, -0.25) is 0 Å². The molecule has 0 bridgehead atoms. The largest absolute Gasteiger partial charge is 0.496 e. The first-order chi connectivity index (χ1) is 8.81. The number of aliphatic hydroxyl groups is 1. The fourth-order valence-electron chi connectivity index (χ4n) is 1.39. The molecule has 0 saturated heterocycles. The van der Waals surface area contributed by atoms with Crippen LogP contribution in [0.1, 0.15) is 17.3 Å². The van der Waals surface area contributed by atoms with E-state index in [1.54, 1.807) is 0 Å². The number of hydrogen-bond donors (Lipinski definition) is 3. The molecule has 0 aromatic heterocycles. The first-order valence-corrected chi connectivity index (χ1v) is 6.84. The highest BCUT2D eigenvalue weighted by molar-refractivity contribution is 7.89. The lowest BCUT2D eigenvalue weighted by Gasteiger charge is -2.13. The SMILES string of the molecule is COc1ccc(S(=O)(=O)N[C@@H](C)CO)cc1C(=O)O. The molecule has 1 aromatic rings. The summed E-state index contributed by atoms with van der Waals surface area (Å²) in [6, 6.07) is 2.84. The van der Waals surface area contributed by atoms with Crippen LogP contribution in [0, 0.1) is 0 Å². The summed E-state index contributed by atoms with van der Waals surface area (Å²) in [6.07, 6.45) is 0. The van der Waals surface area contributed by atoms with Crippen LogP contribution in [-0.4, -0.2) is 44.4 Å². The van der Waals surface area contributed by atoms with E-state index >= 15 is 0 Å². The summed E-state index contributed by atoms with van der Waals surface area (Å²) in [4.78, 5) is 10.8. The average molecular weight is 289 g/mol. The number of methoxy groups -OCH3 is 1. The van der Waals surface area contributed by atoms with E-state index in [2.05, 4.69) is 4.72 Å². The monoisotopic (exact) mass is 289 g/mol. The lowest BCUT2D eigenvalue weighted by Crippen LogP contribution is -2.35. The zero-order valence-electron chi connectivity index (χ0n) is 10.5. The van der Waals surface area contributed by atoms with Crippen LogP contribution in [0.4, 0.5) is 0 Å². The molecule has 0 radical (unpaired) electrons. The van der Waals surface area contributed by atoms with Gasteiger partial charge < -0.3 is 14.9 Å². The number of nitrogens with one attached hydrogen (secondary N) is 1. The van der Waals surface area contributed by atoms with Crippen molar-refractivity contribution in [2.45, 2.75) is 17.9 Å². The minimum Gasteiger partial charge on any atom is -0.496 e. The zero-order valence-corrected chi connectivity index (χ0v) is 11.3. The Balaban J connectivity index is 3.22. The molecule has 0 amide bonds. The molecule has 106 valence electrons. The second-order valence-corrected chi connectivity index (χ2v) is 5.59. The van der Waals surface area contributed by atoms with E-state index in [0.717, 1.165) is 6.07 Å². The first kappa shape index (κ1) is 15.4. The topological polar surface area (TPSA) is 113 Å². The van der Waals surface area contributed by atoms with Crippen LogP contribution in [-0.2, 0) is 10.0 Å². The summed E-state index contributed by atoms with van der Waals surface area (Å²) in [6.45, 7) is 1.13. The number of rotatable bonds is 6. The summed E-state index contributed by atoms with van der Waals surface area (Å²) in [5, 5.41) is 17.8. The van der Waals surface area contributed by atoms with E-state index in [1.165, 1.54) is 26.2 Å². The maximum Gasteiger partial charge on any atom is 0.339 e.